The fourth-order valence-corrected chi connectivity index (χ4v) is 14.1. The second-order valence-electron chi connectivity index (χ2n) is 27.1. The smallest absolute Gasteiger partial charge is 0.409 e. The largest absolute Gasteiger partial charge is 0.478 e. The van der Waals surface area contributed by atoms with Gasteiger partial charge >= 0.3 is 18.2 Å². The predicted molar refractivity (Wildman–Crippen MR) is 426 cm³/mol. The summed E-state index contributed by atoms with van der Waals surface area (Å²) in [5.74, 6) is -0.683. The Kier molecular flexibility index (Phi) is 26.1. The minimum atomic E-state index is -1.03. The maximum absolute atomic E-state index is 12.6. The Bertz CT molecular complexity index is 4710. The Morgan fingerprint density at radius 3 is 1.64 bits per heavy atom. The highest BCUT2D eigenvalue weighted by Crippen LogP contribution is 2.43. The van der Waals surface area contributed by atoms with Crippen molar-refractivity contribution in [2.75, 3.05) is 32.0 Å². The summed E-state index contributed by atoms with van der Waals surface area (Å²) in [5.41, 5.74) is 16.3. The number of fused-ring (bicyclic) bond motifs is 4. The van der Waals surface area contributed by atoms with E-state index in [9.17, 15) is 28.8 Å². The number of hydrogen-bond acceptors (Lipinski definition) is 13. The number of para-hydroxylation sites is 2. The molecule has 7 N–H and O–H groups in total. The molecule has 20 nitrogen and oxygen atoms in total. The number of carbonyl (C=O) groups is 6. The molecule has 6 atom stereocenters. The van der Waals surface area contributed by atoms with Gasteiger partial charge in [0.05, 0.1) is 35.2 Å². The molecule has 0 fully saturated rings. The first-order chi connectivity index (χ1) is 51.4. The number of amides is 5. The zero-order valence-corrected chi connectivity index (χ0v) is 62.7. The number of alkyl carbamates (subject to hydrolysis) is 2. The zero-order chi connectivity index (χ0) is 76.6. The van der Waals surface area contributed by atoms with Crippen molar-refractivity contribution in [1.82, 2.24) is 16.0 Å². The van der Waals surface area contributed by atoms with Crippen molar-refractivity contribution in [3.8, 4) is 22.3 Å². The molecule has 0 saturated carbocycles. The molecule has 4 aliphatic heterocycles. The number of hydrogen-bond donors (Lipinski definition) is 7. The number of anilines is 5. The number of halogens is 1. The van der Waals surface area contributed by atoms with Gasteiger partial charge in [-0.2, -0.15) is 0 Å². The van der Waals surface area contributed by atoms with Gasteiger partial charge in [0.2, 0.25) is 17.7 Å². The monoisotopic (exact) mass is 1460 g/mol. The van der Waals surface area contributed by atoms with Crippen LogP contribution in [0.25, 0.3) is 22.3 Å². The lowest BCUT2D eigenvalue weighted by Crippen LogP contribution is -2.48. The van der Waals surface area contributed by atoms with Gasteiger partial charge in [-0.15, -0.1) is 0 Å². The van der Waals surface area contributed by atoms with Gasteiger partial charge in [0.15, 0.2) is 12.0 Å². The zero-order valence-electron chi connectivity index (χ0n) is 61.9. The van der Waals surface area contributed by atoms with E-state index < -0.39 is 24.3 Å². The summed E-state index contributed by atoms with van der Waals surface area (Å²) in [5, 5.41) is 39.3. The van der Waals surface area contributed by atoms with Crippen molar-refractivity contribution >= 4 is 93.3 Å². The quantitative estimate of drug-likeness (QED) is 0.0420. The molecule has 0 spiro atoms. The fourth-order valence-electron chi connectivity index (χ4n) is 14.0. The molecule has 9 aromatic carbocycles. The first-order valence-corrected chi connectivity index (χ1v) is 36.2. The van der Waals surface area contributed by atoms with E-state index in [1.165, 1.54) is 16.0 Å². The Hall–Kier alpha value is -11.7. The fraction of sp³-hybridized carbons (Fsp3) is 0.267. The van der Waals surface area contributed by atoms with Crippen molar-refractivity contribution in [1.29, 1.82) is 10.8 Å². The number of nitrogens with zero attached hydrogens (tertiary/aromatic N) is 5. The van der Waals surface area contributed by atoms with Gasteiger partial charge in [-0.25, -0.2) is 14.4 Å². The molecule has 552 valence electrons. The van der Waals surface area contributed by atoms with Crippen LogP contribution in [0, 0.1) is 10.8 Å². The van der Waals surface area contributed by atoms with Crippen LogP contribution in [0.4, 0.5) is 38.0 Å². The number of benzene rings is 9. The summed E-state index contributed by atoms with van der Waals surface area (Å²) < 4.78 is 10.6. The number of rotatable bonds is 13. The van der Waals surface area contributed by atoms with Gasteiger partial charge in [-0.3, -0.25) is 40.4 Å². The van der Waals surface area contributed by atoms with Crippen molar-refractivity contribution < 1.29 is 43.3 Å². The molecule has 0 bridgehead atoms. The summed E-state index contributed by atoms with van der Waals surface area (Å²) in [7, 11) is 1.93. The van der Waals surface area contributed by atoms with E-state index >= 15 is 0 Å². The van der Waals surface area contributed by atoms with Gasteiger partial charge in [-0.1, -0.05) is 157 Å². The molecule has 2 unspecified atom stereocenters. The van der Waals surface area contributed by atoms with Gasteiger partial charge in [-0.05, 0) is 197 Å². The van der Waals surface area contributed by atoms with E-state index in [1.807, 2.05) is 189 Å². The maximum Gasteiger partial charge on any atom is 0.409 e. The predicted octanol–water partition coefficient (Wildman–Crippen LogP) is 17.3. The second-order valence-corrected chi connectivity index (χ2v) is 27.6. The number of ether oxygens (including phenoxy) is 2. The Morgan fingerprint density at radius 1 is 0.561 bits per heavy atom. The molecule has 0 radical (unpaired) electrons. The molecule has 21 heteroatoms. The van der Waals surface area contributed by atoms with E-state index in [4.69, 9.17) is 42.0 Å². The lowest BCUT2D eigenvalue weighted by atomic mass is 9.88. The van der Waals surface area contributed by atoms with Crippen LogP contribution in [0.15, 0.2) is 223 Å². The van der Waals surface area contributed by atoms with Crippen LogP contribution in [0.3, 0.4) is 0 Å². The first-order valence-electron chi connectivity index (χ1n) is 35.8. The number of amidine groups is 2. The number of carbonyl (C=O) groups excluding carboxylic acids is 5. The number of carboxylic acid groups (broad SMARTS) is 1. The normalized spacial score (nSPS) is 17.5. The highest BCUT2D eigenvalue weighted by atomic mass is 35.5. The summed E-state index contributed by atoms with van der Waals surface area (Å²) >= 11 is 6.02. The van der Waals surface area contributed by atoms with Crippen molar-refractivity contribution in [3.05, 3.63) is 268 Å². The third-order valence-corrected chi connectivity index (χ3v) is 19.1. The molecule has 0 aromatic heterocycles. The summed E-state index contributed by atoms with van der Waals surface area (Å²) in [4.78, 5) is 83.9. The van der Waals surface area contributed by atoms with Crippen LogP contribution < -0.4 is 40.9 Å². The van der Waals surface area contributed by atoms with Crippen molar-refractivity contribution in [2.45, 2.75) is 144 Å². The Balaban J connectivity index is 0.000000157. The highest BCUT2D eigenvalue weighted by molar-refractivity contribution is 6.30. The molecular formula is C86H92ClN11O9. The summed E-state index contributed by atoms with van der Waals surface area (Å²) in [6.45, 7) is 17.1. The Morgan fingerprint density at radius 2 is 1.07 bits per heavy atom. The minimum Gasteiger partial charge on any atom is -0.478 e. The van der Waals surface area contributed by atoms with Crippen molar-refractivity contribution in [2.24, 2.45) is 4.99 Å². The maximum atomic E-state index is 12.6. The second kappa shape index (κ2) is 35.8. The van der Waals surface area contributed by atoms with Crippen LogP contribution in [0.1, 0.15) is 143 Å². The van der Waals surface area contributed by atoms with Crippen LogP contribution >= 0.6 is 11.6 Å². The summed E-state index contributed by atoms with van der Waals surface area (Å²) in [6.07, 6.45) is 1.20. The number of carboxylic acids is 1. The van der Waals surface area contributed by atoms with E-state index in [2.05, 4.69) is 77.6 Å². The Labute approximate surface area is 630 Å². The first kappa shape index (κ1) is 77.9. The number of nitrogens with one attached hydrogen (secondary N) is 6. The van der Waals surface area contributed by atoms with Crippen molar-refractivity contribution in [3.63, 3.8) is 0 Å². The average Bonchev–Trinajstić information content (AvgIpc) is 1.27. The number of aryl methyl sites for hydroxylation is 1. The van der Waals surface area contributed by atoms with Gasteiger partial charge in [0.25, 0.3) is 0 Å². The number of benzodiazepines with no additional fused rings is 1. The van der Waals surface area contributed by atoms with E-state index in [0.29, 0.717) is 28.9 Å². The molecule has 9 aromatic rings. The number of aliphatic imine (C=N–C) groups is 1. The standard InChI is InChI=1S/C25H23ClN2O3.C25H23N5O2.C24H31N3O3.C12H15NO/c1-15-13-23(27-21-10-8-20(26)9-11-21)22-14-19(7-12-24(22)28(15)16(2)29)17-3-5-18(6-4-17)25(30)31;1-17(26)30-21-15-9-8-14-20(21)22(19-12-6-3-7-13-19)28-24(23(30)27)29-25(31)32-16-18-10-4-2-5-11-18;1-15(2)30-24(29)26-22-12-16(3)27(17(4)28)23-11-10-20(13-21(22)23)19-8-6-18(7-9-19)14-25-5;1-9-7-8-11-5-3-4-6-12(11)13(9)10(2)14/h3-12,14-15,23,27H,13H2,1-2H3,(H,30,31);2-15,24,26-27H,16H2,1H3,(H,29,31);6-11,13,15-16,22,25H,12,14H2,1-5H3,(H,26,29);3-6,9H,7-8H2,1-2H3/t15-,23+;;16-,22+;/m0.0./s1. The SMILES string of the molecule is CC(=N)N1C(=N)C(NC(=O)OCc2ccccc2)N=C(c2ccccc2)c2ccccc21.CC(=O)N1c2ccc(-c3ccc(C(=O)O)cc3)cc2[C@H](Nc2ccc(Cl)cc2)C[C@@H]1C.CC(=O)N1c2ccccc2CCC1C.CNCc1ccc(-c2ccc3c(c2)[C@H](NC(=O)OC(C)C)C[C@H](C)N3C(C)=O)cc1. The average molecular weight is 1460 g/mol. The highest BCUT2D eigenvalue weighted by Gasteiger charge is 2.37. The third-order valence-electron chi connectivity index (χ3n) is 18.9. The molecule has 4 heterocycles. The van der Waals surface area contributed by atoms with Crippen LogP contribution in [0.2, 0.25) is 5.02 Å². The van der Waals surface area contributed by atoms with Crippen LogP contribution in [0.5, 0.6) is 0 Å². The van der Waals surface area contributed by atoms with Crippen LogP contribution in [-0.4, -0.2) is 95.8 Å². The number of aromatic carboxylic acids is 1. The van der Waals surface area contributed by atoms with E-state index in [0.717, 1.165) is 98.6 Å². The molecule has 13 rings (SSSR count). The van der Waals surface area contributed by atoms with Gasteiger partial charge in [0.1, 0.15) is 12.4 Å². The molecule has 0 saturated heterocycles. The molecular weight excluding hydrogens is 1370 g/mol. The van der Waals surface area contributed by atoms with E-state index in [-0.39, 0.29) is 71.8 Å². The van der Waals surface area contributed by atoms with E-state index in [1.54, 1.807) is 56.9 Å². The molecule has 4 aliphatic rings. The lowest BCUT2D eigenvalue weighted by molar-refractivity contribution is -0.118. The molecule has 0 aliphatic carbocycles. The third kappa shape index (κ3) is 19.4. The molecule has 107 heavy (non-hydrogen) atoms. The van der Waals surface area contributed by atoms with Gasteiger partial charge < -0.3 is 45.2 Å². The minimum absolute atomic E-state index is 0.00359. The molecule has 5 amide bonds. The lowest BCUT2D eigenvalue weighted by Gasteiger charge is -2.39. The van der Waals surface area contributed by atoms with Gasteiger partial charge in [0, 0.05) is 84.3 Å². The summed E-state index contributed by atoms with van der Waals surface area (Å²) in [6, 6.07) is 69.7. The van der Waals surface area contributed by atoms with Crippen LogP contribution in [-0.2, 0) is 43.4 Å². The topological polar surface area (TPSA) is 262 Å².